The number of nitrogens with zero attached hydrogens (tertiary/aromatic N) is 2. The lowest BCUT2D eigenvalue weighted by molar-refractivity contribution is 0.302. The van der Waals surface area contributed by atoms with Crippen LogP contribution in [0.2, 0.25) is 0 Å². The molecule has 0 aromatic carbocycles. The molecule has 0 saturated heterocycles. The summed E-state index contributed by atoms with van der Waals surface area (Å²) in [5, 5.41) is 12.6. The first-order valence-corrected chi connectivity index (χ1v) is 7.69. The highest BCUT2D eigenvalue weighted by molar-refractivity contribution is 9.10. The molecule has 20 heavy (non-hydrogen) atoms. The van der Waals surface area contributed by atoms with Crippen molar-refractivity contribution in [2.75, 3.05) is 31.1 Å². The Morgan fingerprint density at radius 3 is 2.90 bits per heavy atom. The summed E-state index contributed by atoms with van der Waals surface area (Å²) in [4.78, 5) is 6.53. The van der Waals surface area contributed by atoms with Gasteiger partial charge in [-0.25, -0.2) is 4.98 Å². The third-order valence-corrected chi connectivity index (χ3v) is 3.23. The molecule has 0 aliphatic heterocycles. The number of hydrogen-bond donors (Lipinski definition) is 2. The summed E-state index contributed by atoms with van der Waals surface area (Å²) in [6, 6.07) is 2.07. The minimum atomic E-state index is 0.102. The Labute approximate surface area is 130 Å². The molecule has 0 saturated carbocycles. The lowest BCUT2D eigenvalue weighted by Crippen LogP contribution is -2.30. The van der Waals surface area contributed by atoms with Gasteiger partial charge in [-0.05, 0) is 34.5 Å². The third kappa shape index (κ3) is 5.61. The van der Waals surface area contributed by atoms with Gasteiger partial charge < -0.3 is 15.3 Å². The molecule has 1 aromatic rings. The summed E-state index contributed by atoms with van der Waals surface area (Å²) in [6.45, 7) is 11.2. The first kappa shape index (κ1) is 17.1. The smallest absolute Gasteiger partial charge is 0.133 e. The summed E-state index contributed by atoms with van der Waals surface area (Å²) >= 11 is 3.47. The maximum absolute atomic E-state index is 9.19. The highest BCUT2D eigenvalue weighted by Gasteiger charge is 2.12. The van der Waals surface area contributed by atoms with Crippen molar-refractivity contribution in [3.05, 3.63) is 35.0 Å². The van der Waals surface area contributed by atoms with Gasteiger partial charge >= 0.3 is 0 Å². The lowest BCUT2D eigenvalue weighted by Gasteiger charge is -2.24. The molecule has 0 aliphatic rings. The van der Waals surface area contributed by atoms with Crippen LogP contribution in [0.15, 0.2) is 29.4 Å². The summed E-state index contributed by atoms with van der Waals surface area (Å²) in [7, 11) is 0. The van der Waals surface area contributed by atoms with Gasteiger partial charge in [0.1, 0.15) is 5.82 Å². The Morgan fingerprint density at radius 2 is 2.30 bits per heavy atom. The van der Waals surface area contributed by atoms with E-state index in [1.54, 1.807) is 6.20 Å². The Balaban J connectivity index is 2.89. The van der Waals surface area contributed by atoms with Crippen molar-refractivity contribution in [2.45, 2.75) is 20.4 Å². The number of aliphatic hydroxyl groups excluding tert-OH is 1. The molecule has 4 nitrogen and oxygen atoms in total. The van der Waals surface area contributed by atoms with Crippen molar-refractivity contribution in [1.82, 2.24) is 10.3 Å². The molecule has 0 aliphatic carbocycles. The molecule has 0 amide bonds. The first-order chi connectivity index (χ1) is 9.58. The number of rotatable bonds is 9. The molecule has 1 aromatic heterocycles. The highest BCUT2D eigenvalue weighted by Crippen LogP contribution is 2.21. The normalized spacial score (nSPS) is 10.8. The van der Waals surface area contributed by atoms with E-state index in [-0.39, 0.29) is 6.61 Å². The number of anilines is 1. The standard InChI is InChI=1S/C15H24BrN3O/c1-4-5-19(6-7-20)15-13(8-14(16)11-18-15)10-17-9-12(2)3/h4,8,11-12,17,20H,1,5-7,9-10H2,2-3H3. The van der Waals surface area contributed by atoms with Crippen molar-refractivity contribution in [3.8, 4) is 0 Å². The van der Waals surface area contributed by atoms with Crippen LogP contribution in [-0.2, 0) is 6.54 Å². The Morgan fingerprint density at radius 1 is 1.55 bits per heavy atom. The summed E-state index contributed by atoms with van der Waals surface area (Å²) in [5.41, 5.74) is 1.12. The second-order valence-electron chi connectivity index (χ2n) is 5.12. The van der Waals surface area contributed by atoms with E-state index >= 15 is 0 Å². The molecule has 0 atom stereocenters. The van der Waals surface area contributed by atoms with Crippen molar-refractivity contribution in [1.29, 1.82) is 0 Å². The molecule has 0 radical (unpaired) electrons. The SMILES string of the molecule is C=CCN(CCO)c1ncc(Br)cc1CNCC(C)C. The van der Waals surface area contributed by atoms with Gasteiger partial charge in [-0.2, -0.15) is 0 Å². The van der Waals surface area contributed by atoms with Crippen molar-refractivity contribution >= 4 is 21.7 Å². The minimum absolute atomic E-state index is 0.102. The fourth-order valence-electron chi connectivity index (χ4n) is 1.94. The molecule has 112 valence electrons. The molecule has 5 heteroatoms. The molecule has 0 bridgehead atoms. The number of aliphatic hydroxyl groups is 1. The number of pyridine rings is 1. The number of hydrogen-bond acceptors (Lipinski definition) is 4. The van der Waals surface area contributed by atoms with E-state index in [0.29, 0.717) is 19.0 Å². The second-order valence-corrected chi connectivity index (χ2v) is 6.03. The van der Waals surface area contributed by atoms with Crippen LogP contribution >= 0.6 is 15.9 Å². The molecular weight excluding hydrogens is 318 g/mol. The van der Waals surface area contributed by atoms with Crippen LogP contribution in [0.5, 0.6) is 0 Å². The molecule has 0 unspecified atom stereocenters. The molecular formula is C15H24BrN3O. The van der Waals surface area contributed by atoms with Crippen molar-refractivity contribution < 1.29 is 5.11 Å². The summed E-state index contributed by atoms with van der Waals surface area (Å²) in [5.74, 6) is 1.51. The predicted molar refractivity (Wildman–Crippen MR) is 88.0 cm³/mol. The van der Waals surface area contributed by atoms with Crippen LogP contribution in [0.1, 0.15) is 19.4 Å². The van der Waals surface area contributed by atoms with Gasteiger partial charge in [0.15, 0.2) is 0 Å². The van der Waals surface area contributed by atoms with Gasteiger partial charge in [-0.1, -0.05) is 19.9 Å². The van der Waals surface area contributed by atoms with Crippen molar-refractivity contribution in [3.63, 3.8) is 0 Å². The van der Waals surface area contributed by atoms with Crippen LogP contribution in [-0.4, -0.2) is 36.3 Å². The zero-order chi connectivity index (χ0) is 15.0. The molecule has 0 spiro atoms. The van der Waals surface area contributed by atoms with E-state index in [1.807, 2.05) is 11.0 Å². The minimum Gasteiger partial charge on any atom is -0.395 e. The van der Waals surface area contributed by atoms with Gasteiger partial charge in [0.2, 0.25) is 0 Å². The fraction of sp³-hybridized carbons (Fsp3) is 0.533. The fourth-order valence-corrected chi connectivity index (χ4v) is 2.32. The van der Waals surface area contributed by atoms with Gasteiger partial charge in [0.05, 0.1) is 6.61 Å². The van der Waals surface area contributed by atoms with E-state index in [1.165, 1.54) is 0 Å². The second kappa shape index (κ2) is 9.10. The van der Waals surface area contributed by atoms with Crippen LogP contribution < -0.4 is 10.2 Å². The zero-order valence-corrected chi connectivity index (χ0v) is 13.9. The van der Waals surface area contributed by atoms with Crippen LogP contribution in [0, 0.1) is 5.92 Å². The molecule has 1 rings (SSSR count). The monoisotopic (exact) mass is 341 g/mol. The Bertz CT molecular complexity index is 424. The van der Waals surface area contributed by atoms with Gasteiger partial charge in [0, 0.05) is 35.9 Å². The van der Waals surface area contributed by atoms with E-state index in [4.69, 9.17) is 0 Å². The quantitative estimate of drug-likeness (QED) is 0.678. The van der Waals surface area contributed by atoms with Crippen LogP contribution in [0.3, 0.4) is 0 Å². The maximum Gasteiger partial charge on any atom is 0.133 e. The van der Waals surface area contributed by atoms with E-state index in [2.05, 4.69) is 52.7 Å². The predicted octanol–water partition coefficient (Wildman–Crippen LogP) is 2.57. The first-order valence-electron chi connectivity index (χ1n) is 6.90. The number of aromatic nitrogens is 1. The van der Waals surface area contributed by atoms with E-state index in [9.17, 15) is 5.11 Å². The van der Waals surface area contributed by atoms with Gasteiger partial charge in [-0.3, -0.25) is 0 Å². The molecule has 1 heterocycles. The highest BCUT2D eigenvalue weighted by atomic mass is 79.9. The number of nitrogens with one attached hydrogen (secondary N) is 1. The zero-order valence-electron chi connectivity index (χ0n) is 12.3. The molecule has 2 N–H and O–H groups in total. The largest absolute Gasteiger partial charge is 0.395 e. The Kier molecular flexibility index (Phi) is 7.80. The van der Waals surface area contributed by atoms with E-state index in [0.717, 1.165) is 28.9 Å². The van der Waals surface area contributed by atoms with Gasteiger partial charge in [0.25, 0.3) is 0 Å². The Hall–Kier alpha value is -0.910. The summed E-state index contributed by atoms with van der Waals surface area (Å²) < 4.78 is 0.963. The lowest BCUT2D eigenvalue weighted by atomic mass is 10.2. The topological polar surface area (TPSA) is 48.4 Å². The van der Waals surface area contributed by atoms with Crippen molar-refractivity contribution in [2.24, 2.45) is 5.92 Å². The average molecular weight is 342 g/mol. The third-order valence-electron chi connectivity index (χ3n) is 2.80. The van der Waals surface area contributed by atoms with Gasteiger partial charge in [-0.15, -0.1) is 6.58 Å². The van der Waals surface area contributed by atoms with Crippen LogP contribution in [0.4, 0.5) is 5.82 Å². The van der Waals surface area contributed by atoms with E-state index < -0.39 is 0 Å². The average Bonchev–Trinajstić information content (AvgIpc) is 2.38. The van der Waals surface area contributed by atoms with Crippen LogP contribution in [0.25, 0.3) is 0 Å². The maximum atomic E-state index is 9.19. The number of halogens is 1. The molecule has 0 fully saturated rings. The summed E-state index contributed by atoms with van der Waals surface area (Å²) in [6.07, 6.45) is 3.61.